The molecular weight excluding hydrogens is 318 g/mol. The standard InChI is InChI=1S/C14H18BrN5/c1-10(7-16)20-14-6-13(18-9-19-14)17-8-11-3-2-4-12(15)5-11/h2-6,9-10H,7-8,16H2,1H3,(H2,17,18,19,20). The number of halogens is 1. The molecule has 0 fully saturated rings. The predicted molar refractivity (Wildman–Crippen MR) is 85.6 cm³/mol. The van der Waals surface area contributed by atoms with Gasteiger partial charge in [0.1, 0.15) is 18.0 Å². The number of aromatic nitrogens is 2. The van der Waals surface area contributed by atoms with E-state index in [9.17, 15) is 0 Å². The van der Waals surface area contributed by atoms with Crippen LogP contribution in [-0.2, 0) is 6.54 Å². The zero-order valence-electron chi connectivity index (χ0n) is 11.3. The van der Waals surface area contributed by atoms with Gasteiger partial charge in [-0.25, -0.2) is 9.97 Å². The molecule has 0 spiro atoms. The van der Waals surface area contributed by atoms with Crippen LogP contribution in [0.15, 0.2) is 41.1 Å². The second-order valence-corrected chi connectivity index (χ2v) is 5.47. The van der Waals surface area contributed by atoms with Crippen molar-refractivity contribution in [2.45, 2.75) is 19.5 Å². The van der Waals surface area contributed by atoms with Crippen molar-refractivity contribution < 1.29 is 0 Å². The molecule has 0 aliphatic heterocycles. The monoisotopic (exact) mass is 335 g/mol. The van der Waals surface area contributed by atoms with Crippen molar-refractivity contribution in [1.29, 1.82) is 0 Å². The molecule has 20 heavy (non-hydrogen) atoms. The molecular formula is C14H18BrN5. The van der Waals surface area contributed by atoms with Crippen molar-refractivity contribution in [1.82, 2.24) is 9.97 Å². The molecule has 0 saturated heterocycles. The summed E-state index contributed by atoms with van der Waals surface area (Å²) < 4.78 is 1.07. The van der Waals surface area contributed by atoms with Crippen LogP contribution in [0.4, 0.5) is 11.6 Å². The SMILES string of the molecule is CC(CN)Nc1cc(NCc2cccc(Br)c2)ncn1. The van der Waals surface area contributed by atoms with Crippen LogP contribution >= 0.6 is 15.9 Å². The van der Waals surface area contributed by atoms with Gasteiger partial charge in [-0.05, 0) is 24.6 Å². The molecule has 1 atom stereocenters. The molecule has 5 nitrogen and oxygen atoms in total. The summed E-state index contributed by atoms with van der Waals surface area (Å²) in [6.45, 7) is 3.28. The van der Waals surface area contributed by atoms with Gasteiger partial charge in [0.2, 0.25) is 0 Å². The lowest BCUT2D eigenvalue weighted by Gasteiger charge is -2.12. The first-order valence-corrected chi connectivity index (χ1v) is 7.23. The maximum atomic E-state index is 5.58. The molecule has 0 aliphatic carbocycles. The molecule has 0 aliphatic rings. The van der Waals surface area contributed by atoms with Crippen LogP contribution in [0.25, 0.3) is 0 Å². The summed E-state index contributed by atoms with van der Waals surface area (Å²) in [6, 6.07) is 10.2. The molecule has 0 saturated carbocycles. The van der Waals surface area contributed by atoms with E-state index in [0.29, 0.717) is 13.1 Å². The van der Waals surface area contributed by atoms with Crippen LogP contribution in [0.5, 0.6) is 0 Å². The normalized spacial score (nSPS) is 11.9. The first kappa shape index (κ1) is 14.7. The smallest absolute Gasteiger partial charge is 0.131 e. The van der Waals surface area contributed by atoms with E-state index in [1.54, 1.807) is 0 Å². The van der Waals surface area contributed by atoms with Gasteiger partial charge < -0.3 is 16.4 Å². The van der Waals surface area contributed by atoms with Gasteiger partial charge in [-0.3, -0.25) is 0 Å². The van der Waals surface area contributed by atoms with E-state index in [-0.39, 0.29) is 6.04 Å². The number of benzene rings is 1. The average Bonchev–Trinajstić information content (AvgIpc) is 2.45. The van der Waals surface area contributed by atoms with E-state index in [2.05, 4.69) is 48.7 Å². The third-order valence-electron chi connectivity index (χ3n) is 2.78. The maximum absolute atomic E-state index is 5.58. The van der Waals surface area contributed by atoms with Gasteiger partial charge in [0.05, 0.1) is 0 Å². The second-order valence-electron chi connectivity index (χ2n) is 4.55. The van der Waals surface area contributed by atoms with Crippen molar-refractivity contribution in [3.8, 4) is 0 Å². The molecule has 0 radical (unpaired) electrons. The lowest BCUT2D eigenvalue weighted by Crippen LogP contribution is -2.25. The Labute approximate surface area is 127 Å². The highest BCUT2D eigenvalue weighted by Gasteiger charge is 2.02. The van der Waals surface area contributed by atoms with Gasteiger partial charge in [-0.1, -0.05) is 28.1 Å². The summed E-state index contributed by atoms with van der Waals surface area (Å²) in [5.74, 6) is 1.56. The minimum Gasteiger partial charge on any atom is -0.366 e. The zero-order valence-corrected chi connectivity index (χ0v) is 12.9. The summed E-state index contributed by atoms with van der Waals surface area (Å²) in [7, 11) is 0. The van der Waals surface area contributed by atoms with E-state index in [0.717, 1.165) is 16.1 Å². The van der Waals surface area contributed by atoms with Crippen molar-refractivity contribution >= 4 is 27.6 Å². The minimum atomic E-state index is 0.183. The fourth-order valence-electron chi connectivity index (χ4n) is 1.68. The molecule has 0 bridgehead atoms. The molecule has 6 heteroatoms. The first-order valence-electron chi connectivity index (χ1n) is 6.44. The Hall–Kier alpha value is -1.66. The van der Waals surface area contributed by atoms with Crippen molar-refractivity contribution in [2.24, 2.45) is 5.73 Å². The lowest BCUT2D eigenvalue weighted by molar-refractivity contribution is 0.797. The predicted octanol–water partition coefficient (Wildman–Crippen LogP) is 2.61. The molecule has 106 valence electrons. The van der Waals surface area contributed by atoms with E-state index in [1.165, 1.54) is 11.9 Å². The molecule has 2 rings (SSSR count). The Morgan fingerprint density at radius 1 is 1.25 bits per heavy atom. The number of nitrogens with zero attached hydrogens (tertiary/aromatic N) is 2. The van der Waals surface area contributed by atoms with Crippen LogP contribution < -0.4 is 16.4 Å². The molecule has 2 aromatic rings. The third kappa shape index (κ3) is 4.47. The maximum Gasteiger partial charge on any atom is 0.131 e. The number of nitrogens with one attached hydrogen (secondary N) is 2. The fourth-order valence-corrected chi connectivity index (χ4v) is 2.13. The van der Waals surface area contributed by atoms with Crippen molar-refractivity contribution in [3.63, 3.8) is 0 Å². The van der Waals surface area contributed by atoms with Crippen LogP contribution in [0.3, 0.4) is 0 Å². The second kappa shape index (κ2) is 7.21. The highest BCUT2D eigenvalue weighted by Crippen LogP contribution is 2.14. The largest absolute Gasteiger partial charge is 0.366 e. The summed E-state index contributed by atoms with van der Waals surface area (Å²) >= 11 is 3.46. The minimum absolute atomic E-state index is 0.183. The Kier molecular flexibility index (Phi) is 5.31. The summed E-state index contributed by atoms with van der Waals surface area (Å²) in [5.41, 5.74) is 6.76. The number of nitrogens with two attached hydrogens (primary N) is 1. The van der Waals surface area contributed by atoms with E-state index in [4.69, 9.17) is 5.73 Å². The lowest BCUT2D eigenvalue weighted by atomic mass is 10.2. The zero-order chi connectivity index (χ0) is 14.4. The number of anilines is 2. The first-order chi connectivity index (χ1) is 9.67. The Morgan fingerprint density at radius 2 is 2.05 bits per heavy atom. The number of hydrogen-bond donors (Lipinski definition) is 3. The molecule has 1 unspecified atom stereocenters. The molecule has 0 amide bonds. The van der Waals surface area contributed by atoms with E-state index < -0.39 is 0 Å². The van der Waals surface area contributed by atoms with Gasteiger partial charge >= 0.3 is 0 Å². The Balaban J connectivity index is 1.97. The van der Waals surface area contributed by atoms with Gasteiger partial charge in [0.25, 0.3) is 0 Å². The Bertz CT molecular complexity index is 561. The average molecular weight is 336 g/mol. The quantitative estimate of drug-likeness (QED) is 0.756. The van der Waals surface area contributed by atoms with Crippen LogP contribution in [0.2, 0.25) is 0 Å². The number of hydrogen-bond acceptors (Lipinski definition) is 5. The van der Waals surface area contributed by atoms with Gasteiger partial charge in [-0.15, -0.1) is 0 Å². The molecule has 4 N–H and O–H groups in total. The number of rotatable bonds is 6. The topological polar surface area (TPSA) is 75.9 Å². The van der Waals surface area contributed by atoms with Gasteiger partial charge in [-0.2, -0.15) is 0 Å². The van der Waals surface area contributed by atoms with E-state index in [1.807, 2.05) is 25.1 Å². The summed E-state index contributed by atoms with van der Waals surface area (Å²) in [6.07, 6.45) is 1.54. The Morgan fingerprint density at radius 3 is 2.80 bits per heavy atom. The highest BCUT2D eigenvalue weighted by atomic mass is 79.9. The summed E-state index contributed by atoms with van der Waals surface area (Å²) in [5, 5.41) is 6.49. The van der Waals surface area contributed by atoms with Crippen molar-refractivity contribution in [3.05, 3.63) is 46.7 Å². The van der Waals surface area contributed by atoms with E-state index >= 15 is 0 Å². The van der Waals surface area contributed by atoms with Gasteiger partial charge in [0, 0.05) is 29.7 Å². The fraction of sp³-hybridized carbons (Fsp3) is 0.286. The van der Waals surface area contributed by atoms with Gasteiger partial charge in [0.15, 0.2) is 0 Å². The van der Waals surface area contributed by atoms with Crippen molar-refractivity contribution in [2.75, 3.05) is 17.2 Å². The summed E-state index contributed by atoms with van der Waals surface area (Å²) in [4.78, 5) is 8.38. The highest BCUT2D eigenvalue weighted by molar-refractivity contribution is 9.10. The molecule has 1 aromatic carbocycles. The molecule has 1 heterocycles. The van der Waals surface area contributed by atoms with Crippen LogP contribution in [0, 0.1) is 0 Å². The third-order valence-corrected chi connectivity index (χ3v) is 3.27. The molecule has 1 aromatic heterocycles. The van der Waals surface area contributed by atoms with Crippen LogP contribution in [0.1, 0.15) is 12.5 Å². The van der Waals surface area contributed by atoms with Crippen LogP contribution in [-0.4, -0.2) is 22.6 Å².